The zero-order valence-corrected chi connectivity index (χ0v) is 15.7. The molecule has 0 unspecified atom stereocenters. The van der Waals surface area contributed by atoms with Crippen LogP contribution >= 0.6 is 7.92 Å². The van der Waals surface area contributed by atoms with Crippen molar-refractivity contribution in [2.45, 2.75) is 6.04 Å². The Morgan fingerprint density at radius 2 is 1.17 bits per heavy atom. The van der Waals surface area contributed by atoms with Crippen molar-refractivity contribution in [3.8, 4) is 0 Å². The Bertz CT molecular complexity index is 701. The quantitative estimate of drug-likeness (QED) is 0.444. The van der Waals surface area contributed by atoms with Gasteiger partial charge < -0.3 is 0 Å². The average molecular weight is 345 g/mol. The van der Waals surface area contributed by atoms with Crippen molar-refractivity contribution < 1.29 is 0 Å². The first-order valence-electron chi connectivity index (χ1n) is 8.30. The second kappa shape index (κ2) is 8.77. The molecule has 0 saturated carbocycles. The third kappa shape index (κ3) is 4.32. The SMILES string of the molecule is C=C[Si](CCP(c1ccccc1)c1ccccc1)c1ccccc1. The molecule has 0 aliphatic heterocycles. The van der Waals surface area contributed by atoms with Crippen LogP contribution in [0.1, 0.15) is 0 Å². The molecule has 0 bridgehead atoms. The normalized spacial score (nSPS) is 10.9. The van der Waals surface area contributed by atoms with Gasteiger partial charge in [-0.05, 0) is 30.7 Å². The molecule has 0 amide bonds. The van der Waals surface area contributed by atoms with Crippen LogP contribution in [-0.4, -0.2) is 15.0 Å². The predicted octanol–water partition coefficient (Wildman–Crippen LogP) is 4.25. The maximum Gasteiger partial charge on any atom is 0.112 e. The van der Waals surface area contributed by atoms with Crippen LogP contribution in [-0.2, 0) is 0 Å². The van der Waals surface area contributed by atoms with E-state index >= 15 is 0 Å². The summed E-state index contributed by atoms with van der Waals surface area (Å²) in [6, 6.07) is 34.1. The first-order chi connectivity index (χ1) is 11.9. The first kappa shape index (κ1) is 16.9. The molecule has 24 heavy (non-hydrogen) atoms. The van der Waals surface area contributed by atoms with Crippen LogP contribution in [0.5, 0.6) is 0 Å². The lowest BCUT2D eigenvalue weighted by Gasteiger charge is -2.20. The van der Waals surface area contributed by atoms with Gasteiger partial charge in [-0.2, -0.15) is 0 Å². The summed E-state index contributed by atoms with van der Waals surface area (Å²) in [7, 11) is -0.992. The van der Waals surface area contributed by atoms with Crippen LogP contribution < -0.4 is 15.8 Å². The van der Waals surface area contributed by atoms with Gasteiger partial charge in [0, 0.05) is 0 Å². The summed E-state index contributed by atoms with van der Waals surface area (Å²) < 4.78 is 0. The second-order valence-electron chi connectivity index (χ2n) is 5.67. The van der Waals surface area contributed by atoms with Crippen molar-refractivity contribution in [3.05, 3.63) is 103 Å². The highest BCUT2D eigenvalue weighted by Crippen LogP contribution is 2.34. The zero-order chi connectivity index (χ0) is 16.6. The van der Waals surface area contributed by atoms with Gasteiger partial charge in [-0.15, -0.1) is 6.58 Å². The smallest absolute Gasteiger partial charge is 0.107 e. The van der Waals surface area contributed by atoms with Crippen LogP contribution in [0.2, 0.25) is 6.04 Å². The predicted molar refractivity (Wildman–Crippen MR) is 111 cm³/mol. The van der Waals surface area contributed by atoms with Gasteiger partial charge in [-0.25, -0.2) is 0 Å². The molecule has 0 nitrogen and oxygen atoms in total. The molecule has 119 valence electrons. The van der Waals surface area contributed by atoms with Crippen LogP contribution in [0.4, 0.5) is 0 Å². The highest BCUT2D eigenvalue weighted by molar-refractivity contribution is 7.73. The van der Waals surface area contributed by atoms with Crippen molar-refractivity contribution in [1.29, 1.82) is 0 Å². The lowest BCUT2D eigenvalue weighted by molar-refractivity contribution is 1.44. The molecule has 1 radical (unpaired) electrons. The monoisotopic (exact) mass is 345 g/mol. The minimum absolute atomic E-state index is 0.302. The van der Waals surface area contributed by atoms with E-state index in [0.29, 0.717) is 0 Å². The van der Waals surface area contributed by atoms with Crippen molar-refractivity contribution in [2.24, 2.45) is 0 Å². The highest BCUT2D eigenvalue weighted by Gasteiger charge is 2.17. The van der Waals surface area contributed by atoms with Gasteiger partial charge in [0.1, 0.15) is 8.80 Å². The summed E-state index contributed by atoms with van der Waals surface area (Å²) in [5.74, 6) is 0. The molecule has 0 aromatic heterocycles. The summed E-state index contributed by atoms with van der Waals surface area (Å²) in [6.07, 6.45) is 1.22. The second-order valence-corrected chi connectivity index (χ2v) is 10.5. The topological polar surface area (TPSA) is 0 Å². The lowest BCUT2D eigenvalue weighted by atomic mass is 10.4. The fourth-order valence-electron chi connectivity index (χ4n) is 2.87. The molecule has 0 N–H and O–H groups in total. The molecular formula is C22H22PSi. The molecule has 3 aromatic carbocycles. The minimum Gasteiger partial charge on any atom is -0.107 e. The maximum atomic E-state index is 4.11. The fraction of sp³-hybridized carbons (Fsp3) is 0.0909. The van der Waals surface area contributed by atoms with Crippen molar-refractivity contribution in [2.75, 3.05) is 6.16 Å². The third-order valence-electron chi connectivity index (χ3n) is 4.13. The number of hydrogen-bond acceptors (Lipinski definition) is 0. The molecular weight excluding hydrogens is 323 g/mol. The Kier molecular flexibility index (Phi) is 6.18. The van der Waals surface area contributed by atoms with E-state index in [-0.39, 0.29) is 7.92 Å². The third-order valence-corrected chi connectivity index (χ3v) is 9.42. The molecule has 0 heterocycles. The van der Waals surface area contributed by atoms with E-state index in [4.69, 9.17) is 0 Å². The summed E-state index contributed by atoms with van der Waals surface area (Å²) in [4.78, 5) is 0. The largest absolute Gasteiger partial charge is 0.112 e. The van der Waals surface area contributed by atoms with Gasteiger partial charge in [0.2, 0.25) is 0 Å². The Labute approximate surface area is 148 Å². The Balaban J connectivity index is 1.81. The van der Waals surface area contributed by atoms with Crippen LogP contribution in [0.15, 0.2) is 103 Å². The first-order valence-corrected chi connectivity index (χ1v) is 11.6. The van der Waals surface area contributed by atoms with Gasteiger partial charge >= 0.3 is 0 Å². The highest BCUT2D eigenvalue weighted by atomic mass is 31.1. The van der Waals surface area contributed by atoms with Crippen molar-refractivity contribution in [3.63, 3.8) is 0 Å². The summed E-state index contributed by atoms with van der Waals surface area (Å²) in [5, 5.41) is 4.41. The Hall–Kier alpha value is -1.95. The van der Waals surface area contributed by atoms with Gasteiger partial charge in [-0.3, -0.25) is 0 Å². The molecule has 0 aliphatic rings. The Morgan fingerprint density at radius 1 is 0.708 bits per heavy atom. The maximum absolute atomic E-state index is 4.11. The van der Waals surface area contributed by atoms with Crippen LogP contribution in [0, 0.1) is 0 Å². The van der Waals surface area contributed by atoms with Gasteiger partial charge in [0.15, 0.2) is 0 Å². The van der Waals surface area contributed by atoms with Crippen LogP contribution in [0.25, 0.3) is 0 Å². The summed E-state index contributed by atoms with van der Waals surface area (Å²) >= 11 is 0. The number of hydrogen-bond donors (Lipinski definition) is 0. The lowest BCUT2D eigenvalue weighted by Crippen LogP contribution is -2.29. The molecule has 0 saturated heterocycles. The molecule has 2 heteroatoms. The summed E-state index contributed by atoms with van der Waals surface area (Å²) in [6.45, 7) is 4.11. The van der Waals surface area contributed by atoms with Crippen molar-refractivity contribution >= 4 is 32.5 Å². The van der Waals surface area contributed by atoms with E-state index in [2.05, 4.69) is 103 Å². The zero-order valence-electron chi connectivity index (χ0n) is 13.8. The average Bonchev–Trinajstić information content (AvgIpc) is 2.67. The van der Waals surface area contributed by atoms with Crippen molar-refractivity contribution in [1.82, 2.24) is 0 Å². The van der Waals surface area contributed by atoms with E-state index < -0.39 is 8.80 Å². The van der Waals surface area contributed by atoms with E-state index in [1.165, 1.54) is 28.0 Å². The minimum atomic E-state index is -0.691. The van der Waals surface area contributed by atoms with E-state index in [1.807, 2.05) is 0 Å². The van der Waals surface area contributed by atoms with Crippen LogP contribution in [0.3, 0.4) is 0 Å². The standard InChI is InChI=1S/C22H22PSi/c1-2-24(22-16-10-5-11-17-22)19-18-23(20-12-6-3-7-13-20)21-14-8-4-9-15-21/h2-17H,1,18-19H2. The van der Waals surface area contributed by atoms with Gasteiger partial charge in [0.05, 0.1) is 0 Å². The van der Waals surface area contributed by atoms with Gasteiger partial charge in [0.25, 0.3) is 0 Å². The molecule has 0 aliphatic carbocycles. The van der Waals surface area contributed by atoms with E-state index in [1.54, 1.807) is 0 Å². The van der Waals surface area contributed by atoms with E-state index in [9.17, 15) is 0 Å². The number of benzene rings is 3. The molecule has 3 rings (SSSR count). The molecule has 0 atom stereocenters. The number of rotatable bonds is 7. The van der Waals surface area contributed by atoms with Gasteiger partial charge in [-0.1, -0.05) is 102 Å². The molecule has 0 fully saturated rings. The molecule has 3 aromatic rings. The fourth-order valence-corrected chi connectivity index (χ4v) is 7.96. The summed E-state index contributed by atoms with van der Waals surface area (Å²) in [5.41, 5.74) is 2.20. The Morgan fingerprint density at radius 3 is 1.62 bits per heavy atom. The van der Waals surface area contributed by atoms with E-state index in [0.717, 1.165) is 0 Å². The molecule has 0 spiro atoms.